The second kappa shape index (κ2) is 9.16. The summed E-state index contributed by atoms with van der Waals surface area (Å²) < 4.78 is 5.92. The summed E-state index contributed by atoms with van der Waals surface area (Å²) in [7, 11) is 0. The molecule has 0 radical (unpaired) electrons. The van der Waals surface area contributed by atoms with Gasteiger partial charge in [0, 0.05) is 31.1 Å². The molecule has 0 bridgehead atoms. The minimum absolute atomic E-state index is 0.0918. The summed E-state index contributed by atoms with van der Waals surface area (Å²) in [4.78, 5) is 29.1. The maximum absolute atomic E-state index is 13.0. The molecule has 4 rings (SSSR count). The van der Waals surface area contributed by atoms with Crippen LogP contribution in [0.15, 0.2) is 48.5 Å². The number of carbonyl (C=O) groups excluding carboxylic acids is 2. The number of rotatable bonds is 5. The van der Waals surface area contributed by atoms with E-state index in [4.69, 9.17) is 16.3 Å². The van der Waals surface area contributed by atoms with Crippen molar-refractivity contribution in [1.29, 1.82) is 0 Å². The van der Waals surface area contributed by atoms with Crippen molar-refractivity contribution >= 4 is 34.8 Å². The van der Waals surface area contributed by atoms with E-state index in [0.717, 1.165) is 17.7 Å². The van der Waals surface area contributed by atoms with Gasteiger partial charge in [0.2, 0.25) is 11.8 Å². The van der Waals surface area contributed by atoms with Gasteiger partial charge in [0.1, 0.15) is 0 Å². The number of anilines is 2. The number of nitrogens with zero attached hydrogens (tertiary/aromatic N) is 2. The van der Waals surface area contributed by atoms with E-state index in [0.29, 0.717) is 43.4 Å². The SMILES string of the molecule is CC(C(=O)Nc1ccccc1N1CCCC1=O)N1CCOC(c2ccc(Cl)cc2)C1. The Morgan fingerprint density at radius 2 is 1.93 bits per heavy atom. The van der Waals surface area contributed by atoms with Crippen LogP contribution < -0.4 is 10.2 Å². The van der Waals surface area contributed by atoms with Crippen molar-refractivity contribution in [3.63, 3.8) is 0 Å². The molecule has 0 aromatic heterocycles. The zero-order valence-corrected chi connectivity index (χ0v) is 17.8. The molecule has 2 unspecified atom stereocenters. The average Bonchev–Trinajstić information content (AvgIpc) is 3.20. The van der Waals surface area contributed by atoms with E-state index < -0.39 is 0 Å². The molecule has 6 nitrogen and oxygen atoms in total. The third-order valence-corrected chi connectivity index (χ3v) is 6.04. The Balaban J connectivity index is 1.44. The molecule has 7 heteroatoms. The van der Waals surface area contributed by atoms with Gasteiger partial charge < -0.3 is 15.0 Å². The van der Waals surface area contributed by atoms with Crippen molar-refractivity contribution in [1.82, 2.24) is 4.90 Å². The van der Waals surface area contributed by atoms with Crippen LogP contribution in [0.4, 0.5) is 11.4 Å². The van der Waals surface area contributed by atoms with E-state index in [1.807, 2.05) is 55.5 Å². The first-order chi connectivity index (χ1) is 14.5. The fraction of sp³-hybridized carbons (Fsp3) is 0.391. The first-order valence-electron chi connectivity index (χ1n) is 10.3. The monoisotopic (exact) mass is 427 g/mol. The topological polar surface area (TPSA) is 61.9 Å². The van der Waals surface area contributed by atoms with Crippen molar-refractivity contribution in [3.8, 4) is 0 Å². The highest BCUT2D eigenvalue weighted by atomic mass is 35.5. The molecule has 0 saturated carbocycles. The highest BCUT2D eigenvalue weighted by Crippen LogP contribution is 2.30. The van der Waals surface area contributed by atoms with Crippen molar-refractivity contribution in [3.05, 3.63) is 59.1 Å². The molecule has 2 heterocycles. The molecule has 2 aromatic rings. The summed E-state index contributed by atoms with van der Waals surface area (Å²) in [5.74, 6) is 0.00888. The maximum Gasteiger partial charge on any atom is 0.241 e. The van der Waals surface area contributed by atoms with Crippen LogP contribution in [0.25, 0.3) is 0 Å². The lowest BCUT2D eigenvalue weighted by Crippen LogP contribution is -2.48. The summed E-state index contributed by atoms with van der Waals surface area (Å²) >= 11 is 5.99. The quantitative estimate of drug-likeness (QED) is 0.786. The third kappa shape index (κ3) is 4.51. The Morgan fingerprint density at radius 1 is 1.17 bits per heavy atom. The van der Waals surface area contributed by atoms with E-state index in [2.05, 4.69) is 10.2 Å². The van der Waals surface area contributed by atoms with Crippen molar-refractivity contribution in [2.24, 2.45) is 0 Å². The first-order valence-corrected chi connectivity index (χ1v) is 10.7. The van der Waals surface area contributed by atoms with Gasteiger partial charge in [-0.15, -0.1) is 0 Å². The van der Waals surface area contributed by atoms with Crippen molar-refractivity contribution in [2.75, 3.05) is 36.5 Å². The molecule has 1 N–H and O–H groups in total. The zero-order chi connectivity index (χ0) is 21.1. The van der Waals surface area contributed by atoms with Gasteiger partial charge in [-0.3, -0.25) is 14.5 Å². The summed E-state index contributed by atoms with van der Waals surface area (Å²) in [6.45, 7) is 4.47. The summed E-state index contributed by atoms with van der Waals surface area (Å²) in [5.41, 5.74) is 2.49. The molecule has 2 aliphatic heterocycles. The van der Waals surface area contributed by atoms with Gasteiger partial charge >= 0.3 is 0 Å². The van der Waals surface area contributed by atoms with E-state index in [-0.39, 0.29) is 24.0 Å². The minimum Gasteiger partial charge on any atom is -0.371 e. The van der Waals surface area contributed by atoms with Crippen LogP contribution in [0.5, 0.6) is 0 Å². The number of amides is 2. The van der Waals surface area contributed by atoms with Gasteiger partial charge in [0.15, 0.2) is 0 Å². The Labute approximate surface area is 181 Å². The standard InChI is InChI=1S/C23H26ClN3O3/c1-16(26-13-14-30-21(15-26)17-8-10-18(24)11-9-17)23(29)25-19-5-2-3-6-20(19)27-12-4-7-22(27)28/h2-3,5-6,8-11,16,21H,4,7,12-15H2,1H3,(H,25,29). The van der Waals surface area contributed by atoms with Crippen LogP contribution in [0.2, 0.25) is 5.02 Å². The molecule has 30 heavy (non-hydrogen) atoms. The normalized spacial score (nSPS) is 20.9. The number of carbonyl (C=O) groups is 2. The van der Waals surface area contributed by atoms with Gasteiger partial charge in [0.05, 0.1) is 30.1 Å². The Kier molecular flexibility index (Phi) is 6.37. The summed E-state index contributed by atoms with van der Waals surface area (Å²) in [6, 6.07) is 14.8. The highest BCUT2D eigenvalue weighted by Gasteiger charge is 2.30. The van der Waals surface area contributed by atoms with Crippen LogP contribution in [0.3, 0.4) is 0 Å². The van der Waals surface area contributed by atoms with Crippen molar-refractivity contribution in [2.45, 2.75) is 31.9 Å². The second-order valence-corrected chi connectivity index (χ2v) is 8.17. The average molecular weight is 428 g/mol. The predicted molar refractivity (Wildman–Crippen MR) is 118 cm³/mol. The molecular formula is C23H26ClN3O3. The maximum atomic E-state index is 13.0. The number of hydrogen-bond acceptors (Lipinski definition) is 4. The lowest BCUT2D eigenvalue weighted by molar-refractivity contribution is -0.124. The third-order valence-electron chi connectivity index (χ3n) is 5.79. The fourth-order valence-electron chi connectivity index (χ4n) is 4.02. The molecule has 0 spiro atoms. The number of para-hydroxylation sites is 2. The van der Waals surface area contributed by atoms with E-state index in [9.17, 15) is 9.59 Å². The molecule has 2 amide bonds. The summed E-state index contributed by atoms with van der Waals surface area (Å²) in [5, 5.41) is 3.72. The van der Waals surface area contributed by atoms with Gasteiger partial charge in [-0.25, -0.2) is 0 Å². The molecule has 2 atom stereocenters. The van der Waals surface area contributed by atoms with Crippen LogP contribution in [0, 0.1) is 0 Å². The van der Waals surface area contributed by atoms with Crippen LogP contribution in [0.1, 0.15) is 31.4 Å². The Bertz CT molecular complexity index is 918. The molecular weight excluding hydrogens is 402 g/mol. The Hall–Kier alpha value is -2.41. The van der Waals surface area contributed by atoms with E-state index in [1.165, 1.54) is 0 Å². The summed E-state index contributed by atoms with van der Waals surface area (Å²) in [6.07, 6.45) is 1.30. The molecule has 0 aliphatic carbocycles. The first kappa shape index (κ1) is 20.8. The van der Waals surface area contributed by atoms with E-state index >= 15 is 0 Å². The lowest BCUT2D eigenvalue weighted by atomic mass is 10.1. The lowest BCUT2D eigenvalue weighted by Gasteiger charge is -2.36. The van der Waals surface area contributed by atoms with Crippen LogP contribution >= 0.6 is 11.6 Å². The number of hydrogen-bond donors (Lipinski definition) is 1. The predicted octanol–water partition coefficient (Wildman–Crippen LogP) is 3.87. The molecule has 2 aliphatic rings. The molecule has 2 fully saturated rings. The van der Waals surface area contributed by atoms with Crippen LogP contribution in [-0.4, -0.2) is 49.0 Å². The fourth-order valence-corrected chi connectivity index (χ4v) is 4.15. The van der Waals surface area contributed by atoms with Crippen LogP contribution in [-0.2, 0) is 14.3 Å². The number of halogens is 1. The number of benzene rings is 2. The zero-order valence-electron chi connectivity index (χ0n) is 17.0. The van der Waals surface area contributed by atoms with Crippen molar-refractivity contribution < 1.29 is 14.3 Å². The molecule has 2 aromatic carbocycles. The van der Waals surface area contributed by atoms with Gasteiger partial charge in [-0.05, 0) is 43.2 Å². The van der Waals surface area contributed by atoms with E-state index in [1.54, 1.807) is 4.90 Å². The molecule has 158 valence electrons. The van der Waals surface area contributed by atoms with Gasteiger partial charge in [-0.2, -0.15) is 0 Å². The second-order valence-electron chi connectivity index (χ2n) is 7.74. The number of ether oxygens (including phenoxy) is 1. The minimum atomic E-state index is -0.328. The smallest absolute Gasteiger partial charge is 0.241 e. The largest absolute Gasteiger partial charge is 0.371 e. The number of morpholine rings is 1. The van der Waals surface area contributed by atoms with Gasteiger partial charge in [0.25, 0.3) is 0 Å². The number of nitrogens with one attached hydrogen (secondary N) is 1. The Morgan fingerprint density at radius 3 is 2.67 bits per heavy atom. The van der Waals surface area contributed by atoms with Gasteiger partial charge in [-0.1, -0.05) is 35.9 Å². The molecule has 2 saturated heterocycles. The highest BCUT2D eigenvalue weighted by molar-refractivity contribution is 6.30.